The Labute approximate surface area is 128 Å². The third kappa shape index (κ3) is 7.17. The van der Waals surface area contributed by atoms with E-state index in [4.69, 9.17) is 5.11 Å². The molecule has 0 spiro atoms. The Morgan fingerprint density at radius 3 is 1.10 bits per heavy atom. The molecular formula is C10H14F9OZn-. The van der Waals surface area contributed by atoms with E-state index < -0.39 is 24.1 Å². The van der Waals surface area contributed by atoms with Crippen LogP contribution < -0.4 is 0 Å². The minimum absolute atomic E-state index is 0. The number of hydrogen-bond donors (Lipinski definition) is 1. The van der Waals surface area contributed by atoms with E-state index in [9.17, 15) is 39.5 Å². The van der Waals surface area contributed by atoms with Crippen molar-refractivity contribution < 1.29 is 64.1 Å². The fourth-order valence-electron chi connectivity index (χ4n) is 0.909. The number of aliphatic hydroxyl groups is 1. The van der Waals surface area contributed by atoms with Crippen molar-refractivity contribution in [3.8, 4) is 0 Å². The third-order valence-corrected chi connectivity index (χ3v) is 2.08. The van der Waals surface area contributed by atoms with E-state index in [0.29, 0.717) is 0 Å². The molecule has 126 valence electrons. The van der Waals surface area contributed by atoms with Gasteiger partial charge < -0.3 is 12.0 Å². The normalized spacial score (nSPS) is 13.1. The minimum atomic E-state index is -6.87. The Morgan fingerprint density at radius 2 is 1.05 bits per heavy atom. The molecule has 0 amide bonds. The van der Waals surface area contributed by atoms with E-state index in [-0.39, 0.29) is 19.5 Å². The molecular weight excluding hydrogens is 372 g/mol. The molecule has 1 N–H and O–H groups in total. The molecule has 0 saturated carbocycles. The maximum absolute atomic E-state index is 11.4. The van der Waals surface area contributed by atoms with Crippen molar-refractivity contribution in [2.24, 2.45) is 0 Å². The first-order valence-electron chi connectivity index (χ1n) is 5.38. The van der Waals surface area contributed by atoms with Gasteiger partial charge in [-0.3, -0.25) is 0 Å². The largest absolute Gasteiger partial charge is 0.435 e. The van der Waals surface area contributed by atoms with Crippen LogP contribution in [-0.4, -0.2) is 29.2 Å². The topological polar surface area (TPSA) is 20.2 Å². The van der Waals surface area contributed by atoms with Gasteiger partial charge in [0.1, 0.15) is 0 Å². The van der Waals surface area contributed by atoms with Crippen LogP contribution in [0.3, 0.4) is 0 Å². The number of hydrogen-bond acceptors (Lipinski definition) is 1. The van der Waals surface area contributed by atoms with Gasteiger partial charge in [-0.05, 0) is 0 Å². The van der Waals surface area contributed by atoms with Crippen LogP contribution in [0.1, 0.15) is 32.6 Å². The molecule has 0 aliphatic heterocycles. The van der Waals surface area contributed by atoms with Gasteiger partial charge in [-0.2, -0.15) is 45.9 Å². The molecule has 0 fully saturated rings. The van der Waals surface area contributed by atoms with Crippen LogP contribution in [0.4, 0.5) is 39.5 Å². The van der Waals surface area contributed by atoms with Gasteiger partial charge in [0.2, 0.25) is 0 Å². The van der Waals surface area contributed by atoms with Gasteiger partial charge in [-0.15, -0.1) is 0 Å². The molecule has 0 aromatic carbocycles. The van der Waals surface area contributed by atoms with Crippen LogP contribution >= 0.6 is 0 Å². The summed E-state index contributed by atoms with van der Waals surface area (Å²) in [5.41, 5.74) is -6.69. The van der Waals surface area contributed by atoms with Crippen molar-refractivity contribution in [1.29, 1.82) is 0 Å². The van der Waals surface area contributed by atoms with Crippen LogP contribution in [0.15, 0.2) is 0 Å². The van der Waals surface area contributed by atoms with Gasteiger partial charge in [0.05, 0.1) is 0 Å². The second-order valence-electron chi connectivity index (χ2n) is 3.76. The Hall–Kier alpha value is -0.0466. The van der Waals surface area contributed by atoms with Crippen molar-refractivity contribution in [2.45, 2.75) is 56.7 Å². The van der Waals surface area contributed by atoms with Crippen LogP contribution in [-0.2, 0) is 19.5 Å². The van der Waals surface area contributed by atoms with Crippen molar-refractivity contribution >= 4 is 0 Å². The molecule has 0 unspecified atom stereocenters. The maximum Gasteiger partial charge on any atom is 0.435 e. The van der Waals surface area contributed by atoms with E-state index in [0.717, 1.165) is 6.42 Å². The summed E-state index contributed by atoms with van der Waals surface area (Å²) in [4.78, 5) is 0. The molecule has 0 aliphatic rings. The molecule has 0 aliphatic carbocycles. The predicted octanol–water partition coefficient (Wildman–Crippen LogP) is 4.80. The van der Waals surface area contributed by atoms with Crippen molar-refractivity contribution in [3.63, 3.8) is 0 Å². The summed E-state index contributed by atoms with van der Waals surface area (Å²) in [7, 11) is 0. The van der Waals surface area contributed by atoms with Gasteiger partial charge >= 0.3 is 24.1 Å². The van der Waals surface area contributed by atoms with E-state index in [1.807, 2.05) is 0 Å². The van der Waals surface area contributed by atoms with E-state index >= 15 is 0 Å². The molecule has 0 atom stereocenters. The molecule has 0 bridgehead atoms. The van der Waals surface area contributed by atoms with E-state index in [2.05, 4.69) is 13.8 Å². The minimum Gasteiger partial charge on any atom is -0.367 e. The molecule has 0 radical (unpaired) electrons. The van der Waals surface area contributed by atoms with Gasteiger partial charge in [0.15, 0.2) is 0 Å². The van der Waals surface area contributed by atoms with E-state index in [1.165, 1.54) is 19.3 Å². The molecule has 0 aromatic rings. The summed E-state index contributed by atoms with van der Waals surface area (Å²) >= 11 is 0. The Bertz CT molecular complexity index is 229. The SMILES string of the molecule is OC(C(F)(F)F)(C(F)(F)F)C(F)(F)F.[CH2-]CCCCC.[Zn]. The smallest absolute Gasteiger partial charge is 0.367 e. The quantitative estimate of drug-likeness (QED) is 0.320. The Balaban J connectivity index is -0.000000394. The predicted molar refractivity (Wildman–Crippen MR) is 52.6 cm³/mol. The molecule has 1 nitrogen and oxygen atoms in total. The van der Waals surface area contributed by atoms with Crippen LogP contribution in [0, 0.1) is 6.92 Å². The standard InChI is InChI=1S/C6H13.C4HF9O.Zn/c1-3-5-6-4-2;5-2(6,7)1(14,3(8,9)10)4(11,12)13;/h1,3-6H2,2H3;14H;/q-1;;. The zero-order valence-electron chi connectivity index (χ0n) is 11.1. The summed E-state index contributed by atoms with van der Waals surface area (Å²) < 4.78 is 103. The summed E-state index contributed by atoms with van der Waals surface area (Å²) in [6, 6.07) is 0. The summed E-state index contributed by atoms with van der Waals surface area (Å²) in [6.45, 7) is 5.93. The second kappa shape index (κ2) is 9.17. The first kappa shape index (κ1) is 25.9. The van der Waals surface area contributed by atoms with E-state index in [1.54, 1.807) is 0 Å². The molecule has 0 aromatic heterocycles. The fraction of sp³-hybridized carbons (Fsp3) is 0.900. The summed E-state index contributed by atoms with van der Waals surface area (Å²) in [5.74, 6) is 0. The van der Waals surface area contributed by atoms with Gasteiger partial charge in [0, 0.05) is 19.5 Å². The fourth-order valence-corrected chi connectivity index (χ4v) is 0.909. The first-order chi connectivity index (χ1) is 8.66. The average molecular weight is 387 g/mol. The third-order valence-electron chi connectivity index (χ3n) is 2.08. The first-order valence-corrected chi connectivity index (χ1v) is 5.38. The second-order valence-corrected chi connectivity index (χ2v) is 3.76. The summed E-state index contributed by atoms with van der Waals surface area (Å²) in [5, 5.41) is 7.65. The number of alkyl halides is 9. The zero-order valence-corrected chi connectivity index (χ0v) is 14.1. The molecule has 11 heteroatoms. The Kier molecular flexibility index (Phi) is 11.3. The van der Waals surface area contributed by atoms with Crippen LogP contribution in [0.2, 0.25) is 0 Å². The molecule has 0 saturated heterocycles. The van der Waals surface area contributed by atoms with Crippen molar-refractivity contribution in [2.75, 3.05) is 0 Å². The number of halogens is 9. The molecule has 21 heavy (non-hydrogen) atoms. The molecule has 0 rings (SSSR count). The number of unbranched alkanes of at least 4 members (excludes halogenated alkanes) is 3. The van der Waals surface area contributed by atoms with Crippen molar-refractivity contribution in [1.82, 2.24) is 0 Å². The Morgan fingerprint density at radius 1 is 0.762 bits per heavy atom. The maximum atomic E-state index is 11.4. The summed E-state index contributed by atoms with van der Waals surface area (Å²) in [6.07, 6.45) is -15.5. The van der Waals surface area contributed by atoms with Gasteiger partial charge in [-0.1, -0.05) is 26.2 Å². The average Bonchev–Trinajstić information content (AvgIpc) is 2.21. The zero-order chi connectivity index (χ0) is 16.8. The van der Waals surface area contributed by atoms with Crippen LogP contribution in [0.5, 0.6) is 0 Å². The van der Waals surface area contributed by atoms with Crippen molar-refractivity contribution in [3.05, 3.63) is 6.92 Å². The van der Waals surface area contributed by atoms with Gasteiger partial charge in [0.25, 0.3) is 0 Å². The monoisotopic (exact) mass is 385 g/mol. The van der Waals surface area contributed by atoms with Gasteiger partial charge in [-0.25, -0.2) is 0 Å². The molecule has 0 heterocycles. The van der Waals surface area contributed by atoms with Crippen LogP contribution in [0.25, 0.3) is 0 Å². The number of rotatable bonds is 3.